The molecule has 0 bridgehead atoms. The third-order valence-electron chi connectivity index (χ3n) is 4.62. The van der Waals surface area contributed by atoms with Crippen LogP contribution in [-0.4, -0.2) is 34.2 Å². The molecule has 0 radical (unpaired) electrons. The first-order valence-electron chi connectivity index (χ1n) is 9.73. The molecule has 0 unspecified atom stereocenters. The number of amides is 2. The molecule has 8 heteroatoms. The average Bonchev–Trinajstić information content (AvgIpc) is 2.69. The Balaban J connectivity index is 2.28. The van der Waals surface area contributed by atoms with E-state index in [2.05, 4.69) is 21.2 Å². The molecule has 0 aliphatic rings. The summed E-state index contributed by atoms with van der Waals surface area (Å²) < 4.78 is 0.864. The lowest BCUT2D eigenvalue weighted by molar-refractivity contribution is -0.385. The fourth-order valence-corrected chi connectivity index (χ4v) is 3.42. The van der Waals surface area contributed by atoms with Gasteiger partial charge in [-0.2, -0.15) is 0 Å². The van der Waals surface area contributed by atoms with Crippen LogP contribution in [-0.2, 0) is 22.6 Å². The molecule has 0 aliphatic heterocycles. The minimum absolute atomic E-state index is 0.106. The molecule has 0 aromatic heterocycles. The number of nitro benzene ring substituents is 1. The lowest BCUT2D eigenvalue weighted by Gasteiger charge is -2.29. The highest BCUT2D eigenvalue weighted by Gasteiger charge is 2.28. The number of carbonyl (C=O) groups is 2. The Morgan fingerprint density at radius 2 is 1.83 bits per heavy atom. The minimum atomic E-state index is -0.724. The first-order valence-corrected chi connectivity index (χ1v) is 10.5. The standard InChI is InChI=1S/C22H26BrN3O4/c1-15(2)13-24-22(28)16(3)25(14-17-7-6-9-19(23)11-17)21(27)12-18-8-4-5-10-20(18)26(29)30/h4-11,15-16H,12-14H2,1-3H3,(H,24,28)/t16-/m1/s1. The molecule has 0 heterocycles. The summed E-state index contributed by atoms with van der Waals surface area (Å²) in [5, 5.41) is 14.2. The Labute approximate surface area is 184 Å². The predicted octanol–water partition coefficient (Wildman–Crippen LogP) is 4.09. The zero-order chi connectivity index (χ0) is 22.3. The maximum Gasteiger partial charge on any atom is 0.273 e. The van der Waals surface area contributed by atoms with E-state index in [-0.39, 0.29) is 36.4 Å². The van der Waals surface area contributed by atoms with Gasteiger partial charge in [-0.15, -0.1) is 0 Å². The van der Waals surface area contributed by atoms with E-state index in [1.54, 1.807) is 25.1 Å². The van der Waals surface area contributed by atoms with Gasteiger partial charge in [-0.3, -0.25) is 19.7 Å². The van der Waals surface area contributed by atoms with Gasteiger partial charge in [0.05, 0.1) is 11.3 Å². The van der Waals surface area contributed by atoms with Crippen molar-refractivity contribution in [2.45, 2.75) is 39.8 Å². The lowest BCUT2D eigenvalue weighted by Crippen LogP contribution is -2.48. The van der Waals surface area contributed by atoms with Crippen LogP contribution >= 0.6 is 15.9 Å². The Bertz CT molecular complexity index is 917. The molecule has 30 heavy (non-hydrogen) atoms. The third-order valence-corrected chi connectivity index (χ3v) is 5.12. The molecule has 0 saturated carbocycles. The second-order valence-corrected chi connectivity index (χ2v) is 8.44. The Kier molecular flexibility index (Phi) is 8.53. The molecule has 1 N–H and O–H groups in total. The van der Waals surface area contributed by atoms with E-state index < -0.39 is 11.0 Å². The molecule has 7 nitrogen and oxygen atoms in total. The molecular formula is C22H26BrN3O4. The van der Waals surface area contributed by atoms with Crippen molar-refractivity contribution in [1.29, 1.82) is 0 Å². The average molecular weight is 476 g/mol. The molecule has 2 aromatic carbocycles. The van der Waals surface area contributed by atoms with Gasteiger partial charge in [0, 0.05) is 29.2 Å². The number of nitrogens with one attached hydrogen (secondary N) is 1. The fraction of sp³-hybridized carbons (Fsp3) is 0.364. The summed E-state index contributed by atoms with van der Waals surface area (Å²) in [6, 6.07) is 12.9. The first kappa shape index (κ1) is 23.5. The summed E-state index contributed by atoms with van der Waals surface area (Å²) in [5.74, 6) is -0.326. The van der Waals surface area contributed by atoms with Crippen molar-refractivity contribution in [3.05, 3.63) is 74.2 Å². The highest BCUT2D eigenvalue weighted by molar-refractivity contribution is 9.10. The molecule has 0 aliphatic carbocycles. The maximum absolute atomic E-state index is 13.2. The van der Waals surface area contributed by atoms with Crippen LogP contribution in [0.15, 0.2) is 53.0 Å². The van der Waals surface area contributed by atoms with Crippen molar-refractivity contribution in [3.8, 4) is 0 Å². The van der Waals surface area contributed by atoms with Crippen molar-refractivity contribution >= 4 is 33.4 Å². The maximum atomic E-state index is 13.2. The number of hydrogen-bond donors (Lipinski definition) is 1. The number of nitro groups is 1. The van der Waals surface area contributed by atoms with Gasteiger partial charge in [0.1, 0.15) is 6.04 Å². The number of carbonyl (C=O) groups excluding carboxylic acids is 2. The Hall–Kier alpha value is -2.74. The molecule has 2 aromatic rings. The molecular weight excluding hydrogens is 450 g/mol. The Morgan fingerprint density at radius 1 is 1.13 bits per heavy atom. The molecule has 2 amide bonds. The third kappa shape index (κ3) is 6.66. The van der Waals surface area contributed by atoms with Crippen LogP contribution in [0.25, 0.3) is 0 Å². The van der Waals surface area contributed by atoms with E-state index in [1.165, 1.54) is 11.0 Å². The molecule has 1 atom stereocenters. The molecule has 0 spiro atoms. The summed E-state index contributed by atoms with van der Waals surface area (Å²) in [6.45, 7) is 6.38. The van der Waals surface area contributed by atoms with E-state index in [9.17, 15) is 19.7 Å². The topological polar surface area (TPSA) is 92.6 Å². The first-order chi connectivity index (χ1) is 14.2. The van der Waals surface area contributed by atoms with Crippen LogP contribution in [0.2, 0.25) is 0 Å². The highest BCUT2D eigenvalue weighted by atomic mass is 79.9. The summed E-state index contributed by atoms with van der Waals surface area (Å²) in [6.07, 6.45) is -0.160. The van der Waals surface area contributed by atoms with Gasteiger partial charge in [-0.25, -0.2) is 0 Å². The fourth-order valence-electron chi connectivity index (χ4n) is 2.97. The monoisotopic (exact) mass is 475 g/mol. The van der Waals surface area contributed by atoms with Gasteiger partial charge in [0.25, 0.3) is 5.69 Å². The van der Waals surface area contributed by atoms with Crippen LogP contribution < -0.4 is 5.32 Å². The van der Waals surface area contributed by atoms with Crippen LogP contribution in [0.3, 0.4) is 0 Å². The quantitative estimate of drug-likeness (QED) is 0.436. The highest BCUT2D eigenvalue weighted by Crippen LogP contribution is 2.21. The van der Waals surface area contributed by atoms with Crippen LogP contribution in [0.5, 0.6) is 0 Å². The van der Waals surface area contributed by atoms with Gasteiger partial charge >= 0.3 is 0 Å². The summed E-state index contributed by atoms with van der Waals surface area (Å²) in [5.41, 5.74) is 1.07. The second kappa shape index (κ2) is 10.9. The number of para-hydroxylation sites is 1. The molecule has 0 fully saturated rings. The SMILES string of the molecule is CC(C)CNC(=O)[C@@H](C)N(Cc1cccc(Br)c1)C(=O)Cc1ccccc1[N+](=O)[O-]. The lowest BCUT2D eigenvalue weighted by atomic mass is 10.1. The summed E-state index contributed by atoms with van der Waals surface area (Å²) in [7, 11) is 0. The van der Waals surface area contributed by atoms with Crippen LogP contribution in [0, 0.1) is 16.0 Å². The zero-order valence-electron chi connectivity index (χ0n) is 17.3. The van der Waals surface area contributed by atoms with Crippen molar-refractivity contribution < 1.29 is 14.5 Å². The normalized spacial score (nSPS) is 11.8. The van der Waals surface area contributed by atoms with Crippen molar-refractivity contribution in [2.75, 3.05) is 6.54 Å². The van der Waals surface area contributed by atoms with Crippen molar-refractivity contribution in [2.24, 2.45) is 5.92 Å². The van der Waals surface area contributed by atoms with Gasteiger partial charge < -0.3 is 10.2 Å². The zero-order valence-corrected chi connectivity index (χ0v) is 18.9. The molecule has 0 saturated heterocycles. The number of nitrogens with zero attached hydrogens (tertiary/aromatic N) is 2. The van der Waals surface area contributed by atoms with E-state index in [1.807, 2.05) is 38.1 Å². The minimum Gasteiger partial charge on any atom is -0.354 e. The number of rotatable bonds is 9. The van der Waals surface area contributed by atoms with Crippen LogP contribution in [0.4, 0.5) is 5.69 Å². The van der Waals surface area contributed by atoms with Crippen LogP contribution in [0.1, 0.15) is 31.9 Å². The van der Waals surface area contributed by atoms with E-state index in [0.717, 1.165) is 10.0 Å². The van der Waals surface area contributed by atoms with E-state index in [0.29, 0.717) is 12.1 Å². The second-order valence-electron chi connectivity index (χ2n) is 7.53. The number of benzene rings is 2. The number of hydrogen-bond acceptors (Lipinski definition) is 4. The van der Waals surface area contributed by atoms with Gasteiger partial charge in [-0.1, -0.05) is 60.1 Å². The van der Waals surface area contributed by atoms with Crippen molar-refractivity contribution in [1.82, 2.24) is 10.2 Å². The van der Waals surface area contributed by atoms with E-state index >= 15 is 0 Å². The number of halogens is 1. The largest absolute Gasteiger partial charge is 0.354 e. The molecule has 160 valence electrons. The van der Waals surface area contributed by atoms with Crippen molar-refractivity contribution in [3.63, 3.8) is 0 Å². The van der Waals surface area contributed by atoms with Gasteiger partial charge in [0.15, 0.2) is 0 Å². The van der Waals surface area contributed by atoms with E-state index in [4.69, 9.17) is 0 Å². The Morgan fingerprint density at radius 3 is 2.47 bits per heavy atom. The van der Waals surface area contributed by atoms with Gasteiger partial charge in [0.2, 0.25) is 11.8 Å². The summed E-state index contributed by atoms with van der Waals surface area (Å²) >= 11 is 3.42. The molecule has 2 rings (SSSR count). The smallest absolute Gasteiger partial charge is 0.273 e. The van der Waals surface area contributed by atoms with Gasteiger partial charge in [-0.05, 0) is 30.5 Å². The summed E-state index contributed by atoms with van der Waals surface area (Å²) in [4.78, 5) is 38.1. The predicted molar refractivity (Wildman–Crippen MR) is 119 cm³/mol.